The van der Waals surface area contributed by atoms with Crippen LogP contribution in [0, 0.1) is 6.92 Å². The maximum Gasteiger partial charge on any atom is 0.105 e. The minimum atomic E-state index is 0.678. The van der Waals surface area contributed by atoms with Crippen molar-refractivity contribution in [1.29, 1.82) is 0 Å². The van der Waals surface area contributed by atoms with Crippen LogP contribution < -0.4 is 5.73 Å². The number of imidazole rings is 1. The highest BCUT2D eigenvalue weighted by atomic mass is 15.0. The van der Waals surface area contributed by atoms with Crippen LogP contribution in [-0.2, 0) is 13.0 Å². The minimum absolute atomic E-state index is 0.678. The maximum atomic E-state index is 5.65. The molecule has 2 aromatic heterocycles. The van der Waals surface area contributed by atoms with Crippen LogP contribution >= 0.6 is 0 Å². The van der Waals surface area contributed by atoms with Crippen molar-refractivity contribution in [3.8, 4) is 0 Å². The first-order valence-electron chi connectivity index (χ1n) is 6.54. The molecular weight excluding hydrogens is 236 g/mol. The van der Waals surface area contributed by atoms with Gasteiger partial charge in [0.1, 0.15) is 5.82 Å². The molecule has 98 valence electrons. The molecule has 0 radical (unpaired) electrons. The van der Waals surface area contributed by atoms with Gasteiger partial charge in [-0.15, -0.1) is 0 Å². The molecule has 0 fully saturated rings. The highest BCUT2D eigenvalue weighted by molar-refractivity contribution is 5.83. The fourth-order valence-electron chi connectivity index (χ4n) is 2.45. The summed E-state index contributed by atoms with van der Waals surface area (Å²) in [6.07, 6.45) is 6.82. The number of benzene rings is 1. The largest absolute Gasteiger partial charge is 0.361 e. The molecule has 4 heteroatoms. The predicted octanol–water partition coefficient (Wildman–Crippen LogP) is 2.22. The number of aryl methyl sites for hydroxylation is 1. The molecule has 0 atom stereocenters. The van der Waals surface area contributed by atoms with Gasteiger partial charge in [-0.1, -0.05) is 6.07 Å². The Morgan fingerprint density at radius 3 is 3.00 bits per heavy atom. The van der Waals surface area contributed by atoms with Crippen molar-refractivity contribution in [3.05, 3.63) is 53.7 Å². The molecule has 1 aromatic carbocycles. The van der Waals surface area contributed by atoms with Crippen LogP contribution in [0.15, 0.2) is 36.8 Å². The van der Waals surface area contributed by atoms with E-state index in [1.54, 1.807) is 0 Å². The van der Waals surface area contributed by atoms with Crippen LogP contribution in [0.3, 0.4) is 0 Å². The number of H-pyrrole nitrogens is 1. The van der Waals surface area contributed by atoms with Crippen molar-refractivity contribution in [2.45, 2.75) is 19.9 Å². The van der Waals surface area contributed by atoms with Crippen LogP contribution in [0.2, 0.25) is 0 Å². The Bertz CT molecular complexity index is 693. The van der Waals surface area contributed by atoms with Gasteiger partial charge in [-0.3, -0.25) is 0 Å². The van der Waals surface area contributed by atoms with Gasteiger partial charge in [-0.25, -0.2) is 4.98 Å². The third kappa shape index (κ3) is 2.27. The number of aromatic amines is 1. The van der Waals surface area contributed by atoms with E-state index in [1.807, 2.05) is 19.3 Å². The Balaban J connectivity index is 1.96. The van der Waals surface area contributed by atoms with Crippen molar-refractivity contribution in [1.82, 2.24) is 14.5 Å². The highest BCUT2D eigenvalue weighted by Gasteiger charge is 2.05. The Kier molecular flexibility index (Phi) is 3.09. The highest BCUT2D eigenvalue weighted by Crippen LogP contribution is 2.21. The Hall–Kier alpha value is -2.07. The lowest BCUT2D eigenvalue weighted by molar-refractivity contribution is 0.762. The number of fused-ring (bicyclic) bond motifs is 1. The average molecular weight is 254 g/mol. The third-order valence-corrected chi connectivity index (χ3v) is 3.52. The van der Waals surface area contributed by atoms with Crippen LogP contribution in [0.1, 0.15) is 17.0 Å². The number of nitrogens with two attached hydrogens (primary N) is 1. The van der Waals surface area contributed by atoms with E-state index >= 15 is 0 Å². The van der Waals surface area contributed by atoms with E-state index in [0.717, 1.165) is 18.8 Å². The van der Waals surface area contributed by atoms with Gasteiger partial charge in [-0.2, -0.15) is 0 Å². The standard InChI is InChI=1S/C15H18N4/c1-11-17-6-7-19(11)10-12-2-3-15-14(8-12)13(4-5-16)9-18-15/h2-3,6-9,18H,4-5,10,16H2,1H3. The zero-order chi connectivity index (χ0) is 13.2. The zero-order valence-corrected chi connectivity index (χ0v) is 11.1. The number of aromatic nitrogens is 3. The molecule has 0 amide bonds. The summed E-state index contributed by atoms with van der Waals surface area (Å²) in [6.45, 7) is 3.56. The summed E-state index contributed by atoms with van der Waals surface area (Å²) in [7, 11) is 0. The molecular formula is C15H18N4. The van der Waals surface area contributed by atoms with E-state index < -0.39 is 0 Å². The first-order valence-corrected chi connectivity index (χ1v) is 6.54. The zero-order valence-electron chi connectivity index (χ0n) is 11.1. The molecule has 0 aliphatic carbocycles. The summed E-state index contributed by atoms with van der Waals surface area (Å²) < 4.78 is 2.15. The molecule has 3 aromatic rings. The van der Waals surface area contributed by atoms with Crippen LogP contribution in [-0.4, -0.2) is 21.1 Å². The van der Waals surface area contributed by atoms with Gasteiger partial charge < -0.3 is 15.3 Å². The topological polar surface area (TPSA) is 59.6 Å². The molecule has 0 bridgehead atoms. The van der Waals surface area contributed by atoms with Crippen molar-refractivity contribution in [2.24, 2.45) is 5.73 Å². The molecule has 0 spiro atoms. The SMILES string of the molecule is Cc1nccn1Cc1ccc2[nH]cc(CCN)c2c1. The number of nitrogens with one attached hydrogen (secondary N) is 1. The Morgan fingerprint density at radius 2 is 2.26 bits per heavy atom. The van der Waals surface area contributed by atoms with E-state index in [1.165, 1.54) is 22.0 Å². The second-order valence-electron chi connectivity index (χ2n) is 4.83. The van der Waals surface area contributed by atoms with E-state index in [9.17, 15) is 0 Å². The number of hydrogen-bond acceptors (Lipinski definition) is 2. The van der Waals surface area contributed by atoms with Crippen molar-refractivity contribution >= 4 is 10.9 Å². The van der Waals surface area contributed by atoms with E-state index in [-0.39, 0.29) is 0 Å². The Morgan fingerprint density at radius 1 is 1.37 bits per heavy atom. The van der Waals surface area contributed by atoms with Gasteiger partial charge in [0.25, 0.3) is 0 Å². The third-order valence-electron chi connectivity index (χ3n) is 3.52. The number of rotatable bonds is 4. The molecule has 0 aliphatic heterocycles. The first kappa shape index (κ1) is 12.0. The quantitative estimate of drug-likeness (QED) is 0.750. The summed E-state index contributed by atoms with van der Waals surface area (Å²) in [5.41, 5.74) is 9.40. The van der Waals surface area contributed by atoms with Gasteiger partial charge in [0.2, 0.25) is 0 Å². The number of nitrogens with zero attached hydrogens (tertiary/aromatic N) is 2. The molecule has 19 heavy (non-hydrogen) atoms. The van der Waals surface area contributed by atoms with Crippen molar-refractivity contribution in [2.75, 3.05) is 6.54 Å². The molecule has 3 N–H and O–H groups in total. The molecule has 0 saturated heterocycles. The van der Waals surface area contributed by atoms with E-state index in [4.69, 9.17) is 5.73 Å². The van der Waals surface area contributed by atoms with Gasteiger partial charge in [-0.05, 0) is 43.1 Å². The second-order valence-corrected chi connectivity index (χ2v) is 4.83. The van der Waals surface area contributed by atoms with E-state index in [2.05, 4.69) is 38.9 Å². The number of hydrogen-bond donors (Lipinski definition) is 2. The summed E-state index contributed by atoms with van der Waals surface area (Å²) in [5.74, 6) is 1.04. The fourth-order valence-corrected chi connectivity index (χ4v) is 2.45. The predicted molar refractivity (Wildman–Crippen MR) is 77.1 cm³/mol. The lowest BCUT2D eigenvalue weighted by Gasteiger charge is -2.06. The monoisotopic (exact) mass is 254 g/mol. The molecule has 4 nitrogen and oxygen atoms in total. The maximum absolute atomic E-state index is 5.65. The molecule has 2 heterocycles. The molecule has 0 saturated carbocycles. The van der Waals surface area contributed by atoms with Crippen LogP contribution in [0.25, 0.3) is 10.9 Å². The average Bonchev–Trinajstić information content (AvgIpc) is 2.98. The molecule has 3 rings (SSSR count). The van der Waals surface area contributed by atoms with Crippen molar-refractivity contribution < 1.29 is 0 Å². The lowest BCUT2D eigenvalue weighted by atomic mass is 10.1. The van der Waals surface area contributed by atoms with Gasteiger partial charge in [0.05, 0.1) is 0 Å². The normalized spacial score (nSPS) is 11.3. The van der Waals surface area contributed by atoms with E-state index in [0.29, 0.717) is 6.54 Å². The van der Waals surface area contributed by atoms with Crippen LogP contribution in [0.5, 0.6) is 0 Å². The van der Waals surface area contributed by atoms with Gasteiger partial charge in [0, 0.05) is 36.0 Å². The first-order chi connectivity index (χ1) is 9.28. The smallest absolute Gasteiger partial charge is 0.105 e. The minimum Gasteiger partial charge on any atom is -0.361 e. The summed E-state index contributed by atoms with van der Waals surface area (Å²) in [6, 6.07) is 6.54. The summed E-state index contributed by atoms with van der Waals surface area (Å²) in [5, 5.41) is 1.28. The lowest BCUT2D eigenvalue weighted by Crippen LogP contribution is -2.02. The summed E-state index contributed by atoms with van der Waals surface area (Å²) >= 11 is 0. The Labute approximate surface area is 112 Å². The van der Waals surface area contributed by atoms with Gasteiger partial charge >= 0.3 is 0 Å². The fraction of sp³-hybridized carbons (Fsp3) is 0.267. The summed E-state index contributed by atoms with van der Waals surface area (Å²) in [4.78, 5) is 7.55. The molecule has 0 aliphatic rings. The van der Waals surface area contributed by atoms with Crippen molar-refractivity contribution in [3.63, 3.8) is 0 Å². The van der Waals surface area contributed by atoms with Crippen LogP contribution in [0.4, 0.5) is 0 Å². The molecule has 0 unspecified atom stereocenters. The second kappa shape index (κ2) is 4.90. The van der Waals surface area contributed by atoms with Gasteiger partial charge in [0.15, 0.2) is 0 Å².